The standard InChI is InChI=1S/C23H20N2O3S/c26-23(24-15-7-9-17-8-1-2-10-18(17)24)16-25-19-11-3-5-13-21(19)29(27,28)22-14-6-4-12-20(22)25/h1-6,8,10-14H,7,9,15-16H2. The number of aryl methyl sites for hydroxylation is 1. The van der Waals surface area contributed by atoms with Crippen LogP contribution in [0.4, 0.5) is 17.1 Å². The van der Waals surface area contributed by atoms with Crippen LogP contribution in [0.25, 0.3) is 0 Å². The molecule has 0 aromatic heterocycles. The Morgan fingerprint density at radius 2 is 1.34 bits per heavy atom. The van der Waals surface area contributed by atoms with Crippen LogP contribution in [-0.4, -0.2) is 27.4 Å². The fourth-order valence-corrected chi connectivity index (χ4v) is 5.91. The number of anilines is 3. The lowest BCUT2D eigenvalue weighted by atomic mass is 10.0. The van der Waals surface area contributed by atoms with E-state index in [9.17, 15) is 13.2 Å². The number of para-hydroxylation sites is 3. The quantitative estimate of drug-likeness (QED) is 0.649. The molecule has 0 radical (unpaired) electrons. The van der Waals surface area contributed by atoms with Gasteiger partial charge in [0.25, 0.3) is 0 Å². The number of sulfone groups is 1. The minimum atomic E-state index is -3.61. The molecular weight excluding hydrogens is 384 g/mol. The van der Waals surface area contributed by atoms with Crippen molar-refractivity contribution in [3.05, 3.63) is 78.4 Å². The van der Waals surface area contributed by atoms with Crippen LogP contribution in [-0.2, 0) is 21.1 Å². The molecule has 3 aromatic rings. The van der Waals surface area contributed by atoms with Crippen LogP contribution in [0, 0.1) is 0 Å². The van der Waals surface area contributed by atoms with Crippen molar-refractivity contribution in [3.63, 3.8) is 0 Å². The summed E-state index contributed by atoms with van der Waals surface area (Å²) in [6.07, 6.45) is 1.89. The Balaban J connectivity index is 1.57. The molecule has 0 N–H and O–H groups in total. The van der Waals surface area contributed by atoms with Crippen LogP contribution < -0.4 is 9.80 Å². The second-order valence-electron chi connectivity index (χ2n) is 7.30. The highest BCUT2D eigenvalue weighted by Crippen LogP contribution is 2.43. The smallest absolute Gasteiger partial charge is 0.246 e. The van der Waals surface area contributed by atoms with Gasteiger partial charge in [-0.25, -0.2) is 8.42 Å². The summed E-state index contributed by atoms with van der Waals surface area (Å²) in [5, 5.41) is 0. The van der Waals surface area contributed by atoms with E-state index in [1.165, 1.54) is 5.56 Å². The number of hydrogen-bond donors (Lipinski definition) is 0. The van der Waals surface area contributed by atoms with Gasteiger partial charge in [0.1, 0.15) is 6.54 Å². The number of fused-ring (bicyclic) bond motifs is 3. The van der Waals surface area contributed by atoms with Crippen molar-refractivity contribution in [1.29, 1.82) is 0 Å². The fraction of sp³-hybridized carbons (Fsp3) is 0.174. The molecule has 0 atom stereocenters. The van der Waals surface area contributed by atoms with Gasteiger partial charge in [0.2, 0.25) is 15.7 Å². The molecule has 2 aliphatic rings. The third kappa shape index (κ3) is 2.83. The first-order chi connectivity index (χ1) is 14.1. The highest BCUT2D eigenvalue weighted by atomic mass is 32.2. The maximum Gasteiger partial charge on any atom is 0.246 e. The predicted molar refractivity (Wildman–Crippen MR) is 112 cm³/mol. The van der Waals surface area contributed by atoms with Crippen LogP contribution in [0.5, 0.6) is 0 Å². The number of carbonyl (C=O) groups is 1. The molecular formula is C23H20N2O3S. The summed E-state index contributed by atoms with van der Waals surface area (Å²) in [5.74, 6) is -0.0407. The molecule has 1 amide bonds. The predicted octanol–water partition coefficient (Wildman–Crippen LogP) is 3.95. The molecule has 3 aromatic carbocycles. The van der Waals surface area contributed by atoms with Crippen molar-refractivity contribution < 1.29 is 13.2 Å². The molecule has 2 heterocycles. The van der Waals surface area contributed by atoms with E-state index in [4.69, 9.17) is 0 Å². The zero-order valence-electron chi connectivity index (χ0n) is 15.8. The number of carbonyl (C=O) groups excluding carboxylic acids is 1. The molecule has 0 spiro atoms. The van der Waals surface area contributed by atoms with E-state index < -0.39 is 9.84 Å². The summed E-state index contributed by atoms with van der Waals surface area (Å²) in [5.41, 5.74) is 3.22. The first-order valence-electron chi connectivity index (χ1n) is 9.66. The van der Waals surface area contributed by atoms with E-state index in [0.717, 1.165) is 18.5 Å². The van der Waals surface area contributed by atoms with Crippen LogP contribution in [0.3, 0.4) is 0 Å². The number of nitrogens with zero attached hydrogens (tertiary/aromatic N) is 2. The maximum absolute atomic E-state index is 13.3. The highest BCUT2D eigenvalue weighted by Gasteiger charge is 2.35. The largest absolute Gasteiger partial charge is 0.330 e. The minimum absolute atomic E-state index is 0.0407. The molecule has 29 heavy (non-hydrogen) atoms. The number of hydrogen-bond acceptors (Lipinski definition) is 4. The first-order valence-corrected chi connectivity index (χ1v) is 11.1. The number of amides is 1. The van der Waals surface area contributed by atoms with Crippen molar-refractivity contribution in [2.45, 2.75) is 22.6 Å². The Kier molecular flexibility index (Phi) is 4.17. The van der Waals surface area contributed by atoms with Crippen LogP contribution >= 0.6 is 0 Å². The van der Waals surface area contributed by atoms with E-state index in [2.05, 4.69) is 6.07 Å². The minimum Gasteiger partial charge on any atom is -0.330 e. The van der Waals surface area contributed by atoms with E-state index in [1.807, 2.05) is 28.0 Å². The lowest BCUT2D eigenvalue weighted by molar-refractivity contribution is -0.117. The SMILES string of the molecule is O=C(CN1c2ccccc2S(=O)(=O)c2ccccc21)N1CCCc2ccccc21. The van der Waals surface area contributed by atoms with Gasteiger partial charge in [-0.15, -0.1) is 0 Å². The van der Waals surface area contributed by atoms with Crippen molar-refractivity contribution in [1.82, 2.24) is 0 Å². The zero-order valence-corrected chi connectivity index (χ0v) is 16.6. The Hall–Kier alpha value is -3.12. The van der Waals surface area contributed by atoms with Gasteiger partial charge in [-0.3, -0.25) is 4.79 Å². The van der Waals surface area contributed by atoms with Crippen LogP contribution in [0.15, 0.2) is 82.6 Å². The monoisotopic (exact) mass is 404 g/mol. The Bertz CT molecular complexity index is 1170. The summed E-state index contributed by atoms with van der Waals surface area (Å²) < 4.78 is 26.1. The normalized spacial score (nSPS) is 16.6. The number of rotatable bonds is 2. The third-order valence-electron chi connectivity index (χ3n) is 5.60. The van der Waals surface area contributed by atoms with Gasteiger partial charge in [-0.05, 0) is 48.7 Å². The van der Waals surface area contributed by atoms with Crippen molar-refractivity contribution in [3.8, 4) is 0 Å². The summed E-state index contributed by atoms with van der Waals surface area (Å²) in [6, 6.07) is 21.8. The Morgan fingerprint density at radius 3 is 2.00 bits per heavy atom. The molecule has 0 unspecified atom stereocenters. The lowest BCUT2D eigenvalue weighted by Gasteiger charge is -2.35. The van der Waals surface area contributed by atoms with Crippen LogP contribution in [0.1, 0.15) is 12.0 Å². The summed E-state index contributed by atoms with van der Waals surface area (Å²) in [6.45, 7) is 0.753. The molecule has 0 aliphatic carbocycles. The van der Waals surface area contributed by atoms with Gasteiger partial charge in [0.15, 0.2) is 0 Å². The summed E-state index contributed by atoms with van der Waals surface area (Å²) in [4.78, 5) is 17.5. The van der Waals surface area contributed by atoms with Gasteiger partial charge in [-0.2, -0.15) is 0 Å². The first kappa shape index (κ1) is 17.9. The van der Waals surface area contributed by atoms with E-state index in [0.29, 0.717) is 17.9 Å². The van der Waals surface area contributed by atoms with E-state index >= 15 is 0 Å². The average molecular weight is 404 g/mol. The second-order valence-corrected chi connectivity index (χ2v) is 9.19. The maximum atomic E-state index is 13.3. The lowest BCUT2D eigenvalue weighted by Crippen LogP contribution is -2.42. The van der Waals surface area contributed by atoms with Gasteiger partial charge in [0.05, 0.1) is 21.2 Å². The highest BCUT2D eigenvalue weighted by molar-refractivity contribution is 7.92. The molecule has 146 valence electrons. The van der Waals surface area contributed by atoms with Crippen LogP contribution in [0.2, 0.25) is 0 Å². The fourth-order valence-electron chi connectivity index (χ4n) is 4.25. The summed E-state index contributed by atoms with van der Waals surface area (Å²) >= 11 is 0. The number of benzene rings is 3. The third-order valence-corrected chi connectivity index (χ3v) is 7.44. The van der Waals surface area contributed by atoms with Gasteiger partial charge in [-0.1, -0.05) is 42.5 Å². The average Bonchev–Trinajstić information content (AvgIpc) is 2.76. The molecule has 6 heteroatoms. The van der Waals surface area contributed by atoms with Gasteiger partial charge in [0, 0.05) is 12.2 Å². The molecule has 5 nitrogen and oxygen atoms in total. The topological polar surface area (TPSA) is 57.7 Å². The van der Waals surface area contributed by atoms with Gasteiger partial charge >= 0.3 is 0 Å². The Labute approximate surface area is 170 Å². The van der Waals surface area contributed by atoms with E-state index in [1.54, 1.807) is 48.5 Å². The van der Waals surface area contributed by atoms with E-state index in [-0.39, 0.29) is 22.2 Å². The van der Waals surface area contributed by atoms with Crippen molar-refractivity contribution in [2.24, 2.45) is 0 Å². The molecule has 0 saturated heterocycles. The second kappa shape index (κ2) is 6.74. The Morgan fingerprint density at radius 1 is 0.793 bits per heavy atom. The zero-order chi connectivity index (χ0) is 20.0. The molecule has 0 saturated carbocycles. The van der Waals surface area contributed by atoms with Crippen molar-refractivity contribution in [2.75, 3.05) is 22.9 Å². The molecule has 5 rings (SSSR count). The molecule has 2 aliphatic heterocycles. The molecule has 0 fully saturated rings. The van der Waals surface area contributed by atoms with Gasteiger partial charge < -0.3 is 9.80 Å². The molecule has 0 bridgehead atoms. The summed E-state index contributed by atoms with van der Waals surface area (Å²) in [7, 11) is -3.61. The van der Waals surface area contributed by atoms with Crippen molar-refractivity contribution >= 4 is 32.8 Å².